The van der Waals surface area contributed by atoms with E-state index >= 15 is 0 Å². The lowest BCUT2D eigenvalue weighted by Crippen LogP contribution is -2.22. The van der Waals surface area contributed by atoms with E-state index in [9.17, 15) is 0 Å². The molecule has 4 atom stereocenters. The van der Waals surface area contributed by atoms with Crippen LogP contribution in [0.3, 0.4) is 0 Å². The first kappa shape index (κ1) is 11.8. The monoisotopic (exact) mass is 194 g/mol. The minimum absolute atomic E-state index is 0.792. The molecule has 0 aromatic carbocycles. The third-order valence-corrected chi connectivity index (χ3v) is 4.36. The SMILES string of the molecule is C=C(C)C1CCCC(C)C(C)C(C)C1. The van der Waals surface area contributed by atoms with Crippen molar-refractivity contribution in [2.45, 2.75) is 53.4 Å². The molecule has 82 valence electrons. The molecule has 14 heavy (non-hydrogen) atoms. The van der Waals surface area contributed by atoms with Crippen LogP contribution in [0, 0.1) is 23.7 Å². The van der Waals surface area contributed by atoms with Crippen molar-refractivity contribution >= 4 is 0 Å². The maximum atomic E-state index is 4.13. The lowest BCUT2D eigenvalue weighted by molar-refractivity contribution is 0.202. The zero-order valence-corrected chi connectivity index (χ0v) is 10.3. The quantitative estimate of drug-likeness (QED) is 0.532. The van der Waals surface area contributed by atoms with Crippen molar-refractivity contribution in [1.82, 2.24) is 0 Å². The summed E-state index contributed by atoms with van der Waals surface area (Å²) in [5.41, 5.74) is 1.40. The molecule has 1 saturated carbocycles. The molecule has 4 unspecified atom stereocenters. The Hall–Kier alpha value is -0.260. The second kappa shape index (κ2) is 5.00. The number of rotatable bonds is 1. The van der Waals surface area contributed by atoms with Crippen molar-refractivity contribution in [3.05, 3.63) is 12.2 Å². The predicted molar refractivity (Wildman–Crippen MR) is 64.3 cm³/mol. The molecule has 0 heteroatoms. The molecule has 1 rings (SSSR count). The molecule has 1 aliphatic carbocycles. The molecular weight excluding hydrogens is 168 g/mol. The van der Waals surface area contributed by atoms with Crippen molar-refractivity contribution in [1.29, 1.82) is 0 Å². The van der Waals surface area contributed by atoms with Crippen molar-refractivity contribution in [2.75, 3.05) is 0 Å². The summed E-state index contributed by atoms with van der Waals surface area (Å²) in [5, 5.41) is 0. The normalized spacial score (nSPS) is 40.0. The molecule has 1 fully saturated rings. The minimum Gasteiger partial charge on any atom is -0.0999 e. The average molecular weight is 194 g/mol. The lowest BCUT2D eigenvalue weighted by atomic mass is 9.73. The Morgan fingerprint density at radius 1 is 1.07 bits per heavy atom. The zero-order chi connectivity index (χ0) is 10.7. The molecule has 0 bridgehead atoms. The van der Waals surface area contributed by atoms with Crippen molar-refractivity contribution in [3.8, 4) is 0 Å². The van der Waals surface area contributed by atoms with Crippen LogP contribution in [0.25, 0.3) is 0 Å². The summed E-state index contributed by atoms with van der Waals surface area (Å²) in [6.07, 6.45) is 5.54. The Morgan fingerprint density at radius 3 is 2.29 bits per heavy atom. The first-order valence-electron chi connectivity index (χ1n) is 6.17. The van der Waals surface area contributed by atoms with Gasteiger partial charge in [0.1, 0.15) is 0 Å². The van der Waals surface area contributed by atoms with Gasteiger partial charge in [-0.1, -0.05) is 45.8 Å². The van der Waals surface area contributed by atoms with Gasteiger partial charge in [0.25, 0.3) is 0 Å². The van der Waals surface area contributed by atoms with Gasteiger partial charge in [-0.25, -0.2) is 0 Å². The van der Waals surface area contributed by atoms with Crippen LogP contribution in [-0.2, 0) is 0 Å². The zero-order valence-electron chi connectivity index (χ0n) is 10.3. The molecule has 0 radical (unpaired) electrons. The van der Waals surface area contributed by atoms with Gasteiger partial charge in [0.05, 0.1) is 0 Å². The Kier molecular flexibility index (Phi) is 4.22. The van der Waals surface area contributed by atoms with E-state index in [1.165, 1.54) is 31.3 Å². The van der Waals surface area contributed by atoms with E-state index in [1.54, 1.807) is 0 Å². The van der Waals surface area contributed by atoms with Gasteiger partial charge in [-0.2, -0.15) is 0 Å². The van der Waals surface area contributed by atoms with Gasteiger partial charge in [-0.05, 0) is 43.4 Å². The van der Waals surface area contributed by atoms with E-state index < -0.39 is 0 Å². The molecule has 1 aliphatic rings. The third-order valence-electron chi connectivity index (χ3n) is 4.36. The summed E-state index contributed by atoms with van der Waals surface area (Å²) >= 11 is 0. The first-order chi connectivity index (χ1) is 6.52. The fraction of sp³-hybridized carbons (Fsp3) is 0.857. The molecule has 0 heterocycles. The van der Waals surface area contributed by atoms with Gasteiger partial charge in [0.15, 0.2) is 0 Å². The van der Waals surface area contributed by atoms with Crippen LogP contribution in [0.4, 0.5) is 0 Å². The van der Waals surface area contributed by atoms with Gasteiger partial charge in [-0.3, -0.25) is 0 Å². The van der Waals surface area contributed by atoms with Crippen LogP contribution in [0.2, 0.25) is 0 Å². The van der Waals surface area contributed by atoms with E-state index in [0.29, 0.717) is 0 Å². The number of hydrogen-bond acceptors (Lipinski definition) is 0. The predicted octanol–water partition coefficient (Wildman–Crippen LogP) is 4.66. The van der Waals surface area contributed by atoms with E-state index in [4.69, 9.17) is 0 Å². The molecule has 0 nitrogen and oxygen atoms in total. The van der Waals surface area contributed by atoms with Gasteiger partial charge in [-0.15, -0.1) is 0 Å². The van der Waals surface area contributed by atoms with Crippen molar-refractivity contribution in [2.24, 2.45) is 23.7 Å². The molecule has 0 aromatic heterocycles. The summed E-state index contributed by atoms with van der Waals surface area (Å²) in [6.45, 7) is 13.6. The topological polar surface area (TPSA) is 0 Å². The number of allylic oxidation sites excluding steroid dienone is 1. The Morgan fingerprint density at radius 2 is 1.71 bits per heavy atom. The Labute approximate surface area is 89.8 Å². The maximum Gasteiger partial charge on any atom is -0.0206 e. The minimum atomic E-state index is 0.792. The van der Waals surface area contributed by atoms with E-state index in [1.807, 2.05) is 0 Å². The van der Waals surface area contributed by atoms with Crippen molar-refractivity contribution in [3.63, 3.8) is 0 Å². The van der Waals surface area contributed by atoms with E-state index in [2.05, 4.69) is 34.3 Å². The first-order valence-corrected chi connectivity index (χ1v) is 6.17. The van der Waals surface area contributed by atoms with Gasteiger partial charge < -0.3 is 0 Å². The van der Waals surface area contributed by atoms with Gasteiger partial charge in [0, 0.05) is 0 Å². The fourth-order valence-electron chi connectivity index (χ4n) is 2.74. The fourth-order valence-corrected chi connectivity index (χ4v) is 2.74. The lowest BCUT2D eigenvalue weighted by Gasteiger charge is -2.33. The second-order valence-electron chi connectivity index (χ2n) is 5.52. The van der Waals surface area contributed by atoms with E-state index in [-0.39, 0.29) is 0 Å². The standard InChI is InChI=1S/C14H26/c1-10(2)14-8-6-7-11(3)13(5)12(4)9-14/h11-14H,1,6-9H2,2-5H3. The highest BCUT2D eigenvalue weighted by molar-refractivity contribution is 4.97. The van der Waals surface area contributed by atoms with Crippen LogP contribution < -0.4 is 0 Å². The highest BCUT2D eigenvalue weighted by atomic mass is 14.3. The molecule has 0 aliphatic heterocycles. The van der Waals surface area contributed by atoms with E-state index in [0.717, 1.165) is 23.7 Å². The molecule has 0 N–H and O–H groups in total. The number of hydrogen-bond donors (Lipinski definition) is 0. The smallest absolute Gasteiger partial charge is 0.0206 e. The highest BCUT2D eigenvalue weighted by Crippen LogP contribution is 2.36. The van der Waals surface area contributed by atoms with Gasteiger partial charge in [0.2, 0.25) is 0 Å². The second-order valence-corrected chi connectivity index (χ2v) is 5.52. The summed E-state index contributed by atoms with van der Waals surface area (Å²) in [6, 6.07) is 0. The molecule has 0 aromatic rings. The third kappa shape index (κ3) is 2.87. The summed E-state index contributed by atoms with van der Waals surface area (Å²) in [7, 11) is 0. The Bertz CT molecular complexity index is 192. The largest absolute Gasteiger partial charge is 0.0999 e. The van der Waals surface area contributed by atoms with Crippen LogP contribution in [0.1, 0.15) is 53.4 Å². The molecular formula is C14H26. The maximum absolute atomic E-state index is 4.13. The molecule has 0 saturated heterocycles. The van der Waals surface area contributed by atoms with Crippen LogP contribution in [-0.4, -0.2) is 0 Å². The summed E-state index contributed by atoms with van der Waals surface area (Å²) in [4.78, 5) is 0. The summed E-state index contributed by atoms with van der Waals surface area (Å²) in [5.74, 6) is 3.46. The van der Waals surface area contributed by atoms with Crippen molar-refractivity contribution < 1.29 is 0 Å². The van der Waals surface area contributed by atoms with Crippen LogP contribution >= 0.6 is 0 Å². The Balaban J connectivity index is 2.61. The molecule has 0 amide bonds. The van der Waals surface area contributed by atoms with Gasteiger partial charge >= 0.3 is 0 Å². The van der Waals surface area contributed by atoms with Crippen LogP contribution in [0.5, 0.6) is 0 Å². The molecule has 0 spiro atoms. The average Bonchev–Trinajstić information content (AvgIpc) is 2.12. The highest BCUT2D eigenvalue weighted by Gasteiger charge is 2.25. The van der Waals surface area contributed by atoms with Crippen LogP contribution in [0.15, 0.2) is 12.2 Å². The summed E-state index contributed by atoms with van der Waals surface area (Å²) < 4.78 is 0.